The van der Waals surface area contributed by atoms with E-state index in [-0.39, 0.29) is 18.4 Å². The first-order valence-corrected chi connectivity index (χ1v) is 5.59. The number of nitrogens with zero attached hydrogens (tertiary/aromatic N) is 1. The number of nitrogens with one attached hydrogen (secondary N) is 3. The summed E-state index contributed by atoms with van der Waals surface area (Å²) in [5.41, 5.74) is 1.62. The van der Waals surface area contributed by atoms with Crippen molar-refractivity contribution >= 4 is 23.2 Å². The molecule has 1 aromatic heterocycles. The predicted molar refractivity (Wildman–Crippen MR) is 67.1 cm³/mol. The Labute approximate surface area is 108 Å². The average Bonchev–Trinajstić information content (AvgIpc) is 2.93. The Morgan fingerprint density at radius 1 is 1.42 bits per heavy atom. The minimum absolute atomic E-state index is 0.0217. The fourth-order valence-electron chi connectivity index (χ4n) is 1.73. The Kier molecular flexibility index (Phi) is 2.64. The third-order valence-electron chi connectivity index (χ3n) is 2.63. The first-order valence-electron chi connectivity index (χ1n) is 5.59. The molecule has 7 nitrogen and oxygen atoms in total. The molecule has 19 heavy (non-hydrogen) atoms. The van der Waals surface area contributed by atoms with E-state index in [2.05, 4.69) is 20.8 Å². The maximum atomic E-state index is 11.8. The Bertz CT molecular complexity index is 636. The minimum Gasteiger partial charge on any atom is -0.482 e. The molecule has 0 bridgehead atoms. The van der Waals surface area contributed by atoms with Crippen molar-refractivity contribution in [3.8, 4) is 5.75 Å². The molecule has 0 spiro atoms. The van der Waals surface area contributed by atoms with Gasteiger partial charge in [0, 0.05) is 18.0 Å². The normalized spacial score (nSPS) is 13.2. The first-order chi connectivity index (χ1) is 9.22. The first kappa shape index (κ1) is 11.3. The van der Waals surface area contributed by atoms with Crippen molar-refractivity contribution in [2.45, 2.75) is 0 Å². The molecule has 0 unspecified atom stereocenters. The average molecular weight is 258 g/mol. The highest BCUT2D eigenvalue weighted by Gasteiger charge is 2.16. The van der Waals surface area contributed by atoms with E-state index in [1.165, 1.54) is 12.4 Å². The van der Waals surface area contributed by atoms with Crippen LogP contribution in [0, 0.1) is 0 Å². The Balaban J connectivity index is 1.79. The topological polar surface area (TPSA) is 96.1 Å². The predicted octanol–water partition coefficient (Wildman–Crippen LogP) is 0.993. The van der Waals surface area contributed by atoms with E-state index >= 15 is 0 Å². The van der Waals surface area contributed by atoms with Crippen LogP contribution in [0.3, 0.4) is 0 Å². The second kappa shape index (κ2) is 4.45. The Morgan fingerprint density at radius 2 is 2.32 bits per heavy atom. The standard InChI is InChI=1S/C12H10N4O3/c17-11-6-19-10-3-8(1-2-9(10)16-11)15-12(18)7-4-13-14-5-7/h1-5H,6H2,(H,13,14)(H,15,18)(H,16,17). The number of rotatable bonds is 2. The minimum atomic E-state index is -0.270. The molecule has 1 aliphatic rings. The lowest BCUT2D eigenvalue weighted by molar-refractivity contribution is -0.118. The van der Waals surface area contributed by atoms with Gasteiger partial charge >= 0.3 is 0 Å². The van der Waals surface area contributed by atoms with Gasteiger partial charge in [-0.15, -0.1) is 0 Å². The van der Waals surface area contributed by atoms with Crippen LogP contribution in [-0.4, -0.2) is 28.6 Å². The van der Waals surface area contributed by atoms with E-state index in [0.29, 0.717) is 22.7 Å². The molecule has 0 atom stereocenters. The summed E-state index contributed by atoms with van der Waals surface area (Å²) in [5, 5.41) is 11.7. The number of benzene rings is 1. The van der Waals surface area contributed by atoms with Crippen LogP contribution in [0.1, 0.15) is 10.4 Å². The molecule has 7 heteroatoms. The van der Waals surface area contributed by atoms with Crippen LogP contribution in [0.4, 0.5) is 11.4 Å². The molecule has 2 heterocycles. The van der Waals surface area contributed by atoms with Crippen LogP contribution in [0.15, 0.2) is 30.6 Å². The summed E-state index contributed by atoms with van der Waals surface area (Å²) in [6.45, 7) is -0.0217. The van der Waals surface area contributed by atoms with Crippen molar-refractivity contribution in [1.29, 1.82) is 0 Å². The molecule has 0 aliphatic carbocycles. The summed E-state index contributed by atoms with van der Waals surface area (Å²) in [5.74, 6) is 0.0702. The van der Waals surface area contributed by atoms with Crippen molar-refractivity contribution in [2.24, 2.45) is 0 Å². The smallest absolute Gasteiger partial charge is 0.262 e. The van der Waals surface area contributed by atoms with Gasteiger partial charge in [0.2, 0.25) is 0 Å². The van der Waals surface area contributed by atoms with Crippen molar-refractivity contribution in [3.63, 3.8) is 0 Å². The second-order valence-corrected chi connectivity index (χ2v) is 3.99. The van der Waals surface area contributed by atoms with E-state index in [4.69, 9.17) is 4.74 Å². The summed E-state index contributed by atoms with van der Waals surface area (Å²) in [7, 11) is 0. The van der Waals surface area contributed by atoms with Gasteiger partial charge in [0.1, 0.15) is 5.75 Å². The molecule has 96 valence electrons. The molecule has 0 saturated carbocycles. The van der Waals surface area contributed by atoms with Gasteiger partial charge in [-0.1, -0.05) is 0 Å². The van der Waals surface area contributed by atoms with E-state index in [1.807, 2.05) is 0 Å². The number of ether oxygens (including phenoxy) is 1. The van der Waals surface area contributed by atoms with Crippen LogP contribution in [-0.2, 0) is 4.79 Å². The number of carbonyl (C=O) groups is 2. The summed E-state index contributed by atoms with van der Waals surface area (Å²) < 4.78 is 5.27. The van der Waals surface area contributed by atoms with Gasteiger partial charge in [-0.3, -0.25) is 14.7 Å². The van der Waals surface area contributed by atoms with E-state index in [1.54, 1.807) is 18.2 Å². The van der Waals surface area contributed by atoms with Gasteiger partial charge in [0.25, 0.3) is 11.8 Å². The third kappa shape index (κ3) is 2.25. The summed E-state index contributed by atoms with van der Waals surface area (Å²) in [6.07, 6.45) is 2.94. The number of aromatic nitrogens is 2. The zero-order chi connectivity index (χ0) is 13.2. The van der Waals surface area contributed by atoms with Crippen LogP contribution in [0.5, 0.6) is 5.75 Å². The SMILES string of the molecule is O=C1COc2cc(NC(=O)c3cn[nH]c3)ccc2N1. The summed E-state index contributed by atoms with van der Waals surface area (Å²) >= 11 is 0. The largest absolute Gasteiger partial charge is 0.482 e. The monoisotopic (exact) mass is 258 g/mol. The molecule has 2 aromatic rings. The van der Waals surface area contributed by atoms with Gasteiger partial charge in [-0.25, -0.2) is 0 Å². The number of hydrogen-bond acceptors (Lipinski definition) is 4. The molecule has 0 saturated heterocycles. The quantitative estimate of drug-likeness (QED) is 0.748. The molecule has 1 aromatic carbocycles. The number of aromatic amines is 1. The lowest BCUT2D eigenvalue weighted by Gasteiger charge is -2.18. The van der Waals surface area contributed by atoms with Crippen LogP contribution >= 0.6 is 0 Å². The van der Waals surface area contributed by atoms with Crippen LogP contribution in [0.2, 0.25) is 0 Å². The van der Waals surface area contributed by atoms with Gasteiger partial charge in [0.05, 0.1) is 17.4 Å². The van der Waals surface area contributed by atoms with Gasteiger partial charge in [-0.2, -0.15) is 5.10 Å². The molecular formula is C12H10N4O3. The molecule has 0 fully saturated rings. The molecule has 3 N–H and O–H groups in total. The number of anilines is 2. The zero-order valence-electron chi connectivity index (χ0n) is 9.77. The number of hydrogen-bond donors (Lipinski definition) is 3. The molecule has 0 radical (unpaired) electrons. The van der Waals surface area contributed by atoms with Gasteiger partial charge in [-0.05, 0) is 12.1 Å². The third-order valence-corrected chi connectivity index (χ3v) is 2.63. The van der Waals surface area contributed by atoms with Crippen molar-refractivity contribution in [3.05, 3.63) is 36.2 Å². The Morgan fingerprint density at radius 3 is 3.11 bits per heavy atom. The number of amides is 2. The van der Waals surface area contributed by atoms with Gasteiger partial charge in [0.15, 0.2) is 6.61 Å². The number of carbonyl (C=O) groups excluding carboxylic acids is 2. The van der Waals surface area contributed by atoms with Crippen molar-refractivity contribution in [2.75, 3.05) is 17.2 Å². The molecular weight excluding hydrogens is 248 g/mol. The van der Waals surface area contributed by atoms with E-state index in [0.717, 1.165) is 0 Å². The fourth-order valence-corrected chi connectivity index (χ4v) is 1.73. The van der Waals surface area contributed by atoms with E-state index < -0.39 is 0 Å². The molecule has 2 amide bonds. The van der Waals surface area contributed by atoms with Crippen molar-refractivity contribution in [1.82, 2.24) is 10.2 Å². The molecule has 1 aliphatic heterocycles. The maximum absolute atomic E-state index is 11.8. The van der Waals surface area contributed by atoms with Gasteiger partial charge < -0.3 is 15.4 Å². The summed E-state index contributed by atoms with van der Waals surface area (Å²) in [6, 6.07) is 5.02. The number of fused-ring (bicyclic) bond motifs is 1. The maximum Gasteiger partial charge on any atom is 0.262 e. The highest BCUT2D eigenvalue weighted by atomic mass is 16.5. The van der Waals surface area contributed by atoms with Crippen LogP contribution < -0.4 is 15.4 Å². The van der Waals surface area contributed by atoms with Crippen LogP contribution in [0.25, 0.3) is 0 Å². The lowest BCUT2D eigenvalue weighted by Crippen LogP contribution is -2.25. The number of H-pyrrole nitrogens is 1. The summed E-state index contributed by atoms with van der Waals surface area (Å²) in [4.78, 5) is 22.9. The lowest BCUT2D eigenvalue weighted by atomic mass is 10.2. The molecule has 3 rings (SSSR count). The van der Waals surface area contributed by atoms with E-state index in [9.17, 15) is 9.59 Å². The highest BCUT2D eigenvalue weighted by Crippen LogP contribution is 2.30. The second-order valence-electron chi connectivity index (χ2n) is 3.99. The Hall–Kier alpha value is -2.83. The highest BCUT2D eigenvalue weighted by molar-refractivity contribution is 6.04. The fraction of sp³-hybridized carbons (Fsp3) is 0.0833. The zero-order valence-corrected chi connectivity index (χ0v) is 9.77. The van der Waals surface area contributed by atoms with Crippen molar-refractivity contribution < 1.29 is 14.3 Å².